The van der Waals surface area contributed by atoms with Gasteiger partial charge in [-0.05, 0) is 52.2 Å². The molecule has 1 aliphatic carbocycles. The summed E-state index contributed by atoms with van der Waals surface area (Å²) in [4.78, 5) is 17.3. The van der Waals surface area contributed by atoms with Gasteiger partial charge in [-0.3, -0.25) is 4.90 Å². The summed E-state index contributed by atoms with van der Waals surface area (Å²) in [5, 5.41) is 6.77. The number of piperidine rings is 1. The SMILES string of the molecule is CN1CCCN(C(=O)NC2CCCCC2)CC12CCNCC2. The Morgan fingerprint density at radius 3 is 2.55 bits per heavy atom. The zero-order valence-corrected chi connectivity index (χ0v) is 14.1. The lowest BCUT2D eigenvalue weighted by Crippen LogP contribution is -2.59. The predicted octanol–water partition coefficient (Wildman–Crippen LogP) is 1.79. The lowest BCUT2D eigenvalue weighted by Gasteiger charge is -2.45. The van der Waals surface area contributed by atoms with Crippen molar-refractivity contribution in [3.05, 3.63) is 0 Å². The van der Waals surface area contributed by atoms with E-state index in [1.165, 1.54) is 19.3 Å². The van der Waals surface area contributed by atoms with Crippen LogP contribution in [0.4, 0.5) is 4.79 Å². The number of amides is 2. The zero-order valence-electron chi connectivity index (χ0n) is 14.1. The van der Waals surface area contributed by atoms with Gasteiger partial charge in [0.2, 0.25) is 0 Å². The Morgan fingerprint density at radius 1 is 1.09 bits per heavy atom. The molecule has 2 heterocycles. The number of likely N-dealkylation sites (N-methyl/N-ethyl adjacent to an activating group) is 1. The number of carbonyl (C=O) groups is 1. The molecule has 0 unspecified atom stereocenters. The molecule has 3 aliphatic rings. The lowest BCUT2D eigenvalue weighted by atomic mass is 9.86. The Bertz CT molecular complexity index is 375. The zero-order chi connectivity index (χ0) is 15.4. The van der Waals surface area contributed by atoms with Crippen molar-refractivity contribution in [3.63, 3.8) is 0 Å². The van der Waals surface area contributed by atoms with E-state index in [4.69, 9.17) is 0 Å². The number of rotatable bonds is 1. The molecule has 2 saturated heterocycles. The topological polar surface area (TPSA) is 47.6 Å². The van der Waals surface area contributed by atoms with Crippen LogP contribution in [0.15, 0.2) is 0 Å². The van der Waals surface area contributed by atoms with Crippen molar-refractivity contribution in [2.75, 3.05) is 39.8 Å². The molecule has 1 saturated carbocycles. The van der Waals surface area contributed by atoms with Gasteiger partial charge in [0.1, 0.15) is 0 Å². The highest BCUT2D eigenvalue weighted by Gasteiger charge is 2.40. The van der Waals surface area contributed by atoms with Gasteiger partial charge in [0.05, 0.1) is 0 Å². The smallest absolute Gasteiger partial charge is 0.317 e. The molecule has 3 rings (SSSR count). The van der Waals surface area contributed by atoms with Crippen LogP contribution in [0.3, 0.4) is 0 Å². The monoisotopic (exact) mass is 308 g/mol. The quantitative estimate of drug-likeness (QED) is 0.776. The molecule has 2 amide bonds. The molecular formula is C17H32N4O. The van der Waals surface area contributed by atoms with Crippen molar-refractivity contribution in [3.8, 4) is 0 Å². The molecule has 1 spiro atoms. The van der Waals surface area contributed by atoms with Crippen LogP contribution in [0.1, 0.15) is 51.4 Å². The second kappa shape index (κ2) is 7.18. The Balaban J connectivity index is 1.63. The van der Waals surface area contributed by atoms with Crippen LogP contribution in [0.2, 0.25) is 0 Å². The molecular weight excluding hydrogens is 276 g/mol. The van der Waals surface area contributed by atoms with E-state index in [1.807, 2.05) is 0 Å². The Hall–Kier alpha value is -0.810. The number of nitrogens with one attached hydrogen (secondary N) is 2. The molecule has 0 aromatic carbocycles. The second-order valence-corrected chi connectivity index (χ2v) is 7.46. The molecule has 5 heteroatoms. The fourth-order valence-corrected chi connectivity index (χ4v) is 4.41. The van der Waals surface area contributed by atoms with Crippen molar-refractivity contribution in [2.24, 2.45) is 0 Å². The molecule has 5 nitrogen and oxygen atoms in total. The van der Waals surface area contributed by atoms with Gasteiger partial charge >= 0.3 is 6.03 Å². The molecule has 0 bridgehead atoms. The summed E-state index contributed by atoms with van der Waals surface area (Å²) in [7, 11) is 2.24. The highest BCUT2D eigenvalue weighted by Crippen LogP contribution is 2.29. The van der Waals surface area contributed by atoms with E-state index in [1.54, 1.807) is 0 Å². The largest absolute Gasteiger partial charge is 0.335 e. The van der Waals surface area contributed by atoms with Crippen LogP contribution < -0.4 is 10.6 Å². The van der Waals surface area contributed by atoms with Crippen molar-refractivity contribution in [1.82, 2.24) is 20.4 Å². The molecule has 2 aliphatic heterocycles. The molecule has 126 valence electrons. The standard InChI is InChI=1S/C17H32N4O/c1-20-12-5-13-21(14-17(20)8-10-18-11-9-17)16(22)19-15-6-3-2-4-7-15/h15,18H,2-14H2,1H3,(H,19,22). The Kier molecular flexibility index (Phi) is 5.24. The molecule has 22 heavy (non-hydrogen) atoms. The maximum absolute atomic E-state index is 12.7. The van der Waals surface area contributed by atoms with Gasteiger partial charge in [0.25, 0.3) is 0 Å². The van der Waals surface area contributed by atoms with Gasteiger partial charge < -0.3 is 15.5 Å². The number of urea groups is 1. The number of hydrogen-bond donors (Lipinski definition) is 2. The van der Waals surface area contributed by atoms with Crippen molar-refractivity contribution in [1.29, 1.82) is 0 Å². The minimum absolute atomic E-state index is 0.181. The number of carbonyl (C=O) groups excluding carboxylic acids is 1. The summed E-state index contributed by atoms with van der Waals surface area (Å²) in [5.74, 6) is 0. The van der Waals surface area contributed by atoms with E-state index >= 15 is 0 Å². The number of hydrogen-bond acceptors (Lipinski definition) is 3. The van der Waals surface area contributed by atoms with E-state index in [2.05, 4.69) is 27.5 Å². The van der Waals surface area contributed by atoms with Gasteiger partial charge in [-0.25, -0.2) is 4.79 Å². The first-order valence-corrected chi connectivity index (χ1v) is 9.17. The third-order valence-corrected chi connectivity index (χ3v) is 5.97. The van der Waals surface area contributed by atoms with E-state index in [-0.39, 0.29) is 11.6 Å². The normalized spacial score (nSPS) is 27.6. The van der Waals surface area contributed by atoms with Gasteiger partial charge in [0.15, 0.2) is 0 Å². The molecule has 0 radical (unpaired) electrons. The molecule has 0 aromatic heterocycles. The van der Waals surface area contributed by atoms with Crippen LogP contribution in [0.25, 0.3) is 0 Å². The number of nitrogens with zero attached hydrogens (tertiary/aromatic N) is 2. The van der Waals surface area contributed by atoms with E-state index in [0.717, 1.165) is 64.8 Å². The van der Waals surface area contributed by atoms with Crippen LogP contribution in [-0.2, 0) is 0 Å². The van der Waals surface area contributed by atoms with Crippen LogP contribution in [0, 0.1) is 0 Å². The molecule has 0 aromatic rings. The summed E-state index contributed by atoms with van der Waals surface area (Å²) >= 11 is 0. The summed E-state index contributed by atoms with van der Waals surface area (Å²) in [6, 6.07) is 0.589. The van der Waals surface area contributed by atoms with Crippen molar-refractivity contribution >= 4 is 6.03 Å². The fraction of sp³-hybridized carbons (Fsp3) is 0.941. The minimum Gasteiger partial charge on any atom is -0.335 e. The van der Waals surface area contributed by atoms with Crippen LogP contribution in [0.5, 0.6) is 0 Å². The van der Waals surface area contributed by atoms with E-state index < -0.39 is 0 Å². The van der Waals surface area contributed by atoms with E-state index in [0.29, 0.717) is 6.04 Å². The summed E-state index contributed by atoms with van der Waals surface area (Å²) < 4.78 is 0. The first kappa shape index (κ1) is 16.1. The van der Waals surface area contributed by atoms with Gasteiger partial charge in [-0.15, -0.1) is 0 Å². The highest BCUT2D eigenvalue weighted by atomic mass is 16.2. The highest BCUT2D eigenvalue weighted by molar-refractivity contribution is 5.74. The fourth-order valence-electron chi connectivity index (χ4n) is 4.41. The Morgan fingerprint density at radius 2 is 1.82 bits per heavy atom. The molecule has 3 fully saturated rings. The first-order valence-electron chi connectivity index (χ1n) is 9.17. The summed E-state index contributed by atoms with van der Waals surface area (Å²) in [6.45, 7) is 5.04. The van der Waals surface area contributed by atoms with Gasteiger partial charge in [0, 0.05) is 31.2 Å². The third kappa shape index (κ3) is 3.57. The van der Waals surface area contributed by atoms with Crippen molar-refractivity contribution in [2.45, 2.75) is 62.9 Å². The van der Waals surface area contributed by atoms with Crippen molar-refractivity contribution < 1.29 is 4.79 Å². The minimum atomic E-state index is 0.181. The average Bonchev–Trinajstić information content (AvgIpc) is 2.70. The lowest BCUT2D eigenvalue weighted by molar-refractivity contribution is 0.0720. The Labute approximate surface area is 134 Å². The average molecular weight is 308 g/mol. The summed E-state index contributed by atoms with van der Waals surface area (Å²) in [5.41, 5.74) is 0.186. The van der Waals surface area contributed by atoms with Gasteiger partial charge in [-0.2, -0.15) is 0 Å². The molecule has 2 N–H and O–H groups in total. The van der Waals surface area contributed by atoms with Crippen LogP contribution >= 0.6 is 0 Å². The molecule has 0 atom stereocenters. The van der Waals surface area contributed by atoms with Gasteiger partial charge in [-0.1, -0.05) is 19.3 Å². The predicted molar refractivity (Wildman–Crippen MR) is 89.1 cm³/mol. The second-order valence-electron chi connectivity index (χ2n) is 7.46. The third-order valence-electron chi connectivity index (χ3n) is 5.97. The summed E-state index contributed by atoms with van der Waals surface area (Å²) in [6.07, 6.45) is 9.57. The maximum Gasteiger partial charge on any atom is 0.317 e. The van der Waals surface area contributed by atoms with E-state index in [9.17, 15) is 4.79 Å². The maximum atomic E-state index is 12.7. The first-order chi connectivity index (χ1) is 10.7. The van der Waals surface area contributed by atoms with Crippen LogP contribution in [-0.4, -0.2) is 67.2 Å².